The van der Waals surface area contributed by atoms with Crippen LogP contribution in [0.5, 0.6) is 11.5 Å². The normalized spacial score (nSPS) is 15.4. The summed E-state index contributed by atoms with van der Waals surface area (Å²) in [7, 11) is 1.29. The molecule has 0 aromatic heterocycles. The first-order chi connectivity index (χ1) is 15.9. The number of benzene rings is 3. The second-order valence-corrected chi connectivity index (χ2v) is 7.75. The number of carbonyl (C=O) groups is 2. The summed E-state index contributed by atoms with van der Waals surface area (Å²) in [5.41, 5.74) is 2.08. The molecule has 1 aliphatic rings. The summed E-state index contributed by atoms with van der Waals surface area (Å²) in [5.74, 6) is 0.396. The molecule has 0 aliphatic carbocycles. The van der Waals surface area contributed by atoms with Crippen molar-refractivity contribution >= 4 is 17.6 Å². The molecule has 1 heterocycles. The van der Waals surface area contributed by atoms with Crippen LogP contribution in [0.2, 0.25) is 0 Å². The number of hydrogen-bond acceptors (Lipinski definition) is 6. The van der Waals surface area contributed by atoms with Gasteiger partial charge in [0.05, 0.1) is 17.6 Å². The molecule has 33 heavy (non-hydrogen) atoms. The number of carbonyl (C=O) groups excluding carboxylic acids is 2. The van der Waals surface area contributed by atoms with Gasteiger partial charge in [-0.15, -0.1) is 0 Å². The fraction of sp³-hybridized carbons (Fsp3) is 0.200. The molecule has 168 valence electrons. The number of nitrogens with zero attached hydrogens (tertiary/aromatic N) is 2. The Morgan fingerprint density at radius 3 is 2.48 bits per heavy atom. The Morgan fingerprint density at radius 2 is 1.82 bits per heavy atom. The third-order valence-electron chi connectivity index (χ3n) is 5.61. The first-order valence-corrected chi connectivity index (χ1v) is 10.4. The number of likely N-dealkylation sites (tertiary alicyclic amines) is 1. The minimum Gasteiger partial charge on any atom is -0.465 e. The van der Waals surface area contributed by atoms with E-state index < -0.39 is 10.9 Å². The standard InChI is InChI=1S/C25H22N2O6/c1-32-25(29)18-7-8-19(23(13-18)33-22-11-9-21(10-12-22)27(30)31)15-26-16-20(14-24(26)28)17-5-3-2-4-6-17/h2-13,20H,14-16H2,1H3. The molecule has 1 unspecified atom stereocenters. The van der Waals surface area contributed by atoms with E-state index in [0.717, 1.165) is 5.56 Å². The summed E-state index contributed by atoms with van der Waals surface area (Å²) in [6.45, 7) is 0.893. The van der Waals surface area contributed by atoms with Gasteiger partial charge in [0, 0.05) is 43.1 Å². The first-order valence-electron chi connectivity index (χ1n) is 10.4. The van der Waals surface area contributed by atoms with E-state index in [9.17, 15) is 19.7 Å². The van der Waals surface area contributed by atoms with Crippen LogP contribution in [0.4, 0.5) is 5.69 Å². The maximum absolute atomic E-state index is 12.7. The van der Waals surface area contributed by atoms with Crippen LogP contribution >= 0.6 is 0 Å². The van der Waals surface area contributed by atoms with Crippen LogP contribution < -0.4 is 4.74 Å². The van der Waals surface area contributed by atoms with Gasteiger partial charge in [-0.3, -0.25) is 14.9 Å². The largest absolute Gasteiger partial charge is 0.465 e. The minimum absolute atomic E-state index is 0.0437. The van der Waals surface area contributed by atoms with Crippen LogP contribution in [0.15, 0.2) is 72.8 Å². The van der Waals surface area contributed by atoms with Gasteiger partial charge in [-0.1, -0.05) is 36.4 Å². The van der Waals surface area contributed by atoms with E-state index in [1.807, 2.05) is 30.3 Å². The lowest BCUT2D eigenvalue weighted by molar-refractivity contribution is -0.384. The zero-order chi connectivity index (χ0) is 23.4. The Bertz CT molecular complexity index is 1180. The van der Waals surface area contributed by atoms with E-state index in [1.165, 1.54) is 31.4 Å². The molecule has 3 aromatic rings. The average Bonchev–Trinajstić information content (AvgIpc) is 3.20. The van der Waals surface area contributed by atoms with Crippen molar-refractivity contribution in [3.8, 4) is 11.5 Å². The van der Waals surface area contributed by atoms with Crippen LogP contribution in [0, 0.1) is 10.1 Å². The van der Waals surface area contributed by atoms with Gasteiger partial charge in [0.25, 0.3) is 5.69 Å². The molecule has 1 atom stereocenters. The van der Waals surface area contributed by atoms with Crippen molar-refractivity contribution in [3.05, 3.63) is 99.6 Å². The molecule has 0 N–H and O–H groups in total. The van der Waals surface area contributed by atoms with E-state index >= 15 is 0 Å². The topological polar surface area (TPSA) is 99.0 Å². The Morgan fingerprint density at radius 1 is 1.09 bits per heavy atom. The van der Waals surface area contributed by atoms with Crippen LogP contribution in [0.3, 0.4) is 0 Å². The van der Waals surface area contributed by atoms with E-state index in [-0.39, 0.29) is 17.5 Å². The highest BCUT2D eigenvalue weighted by Crippen LogP contribution is 2.33. The molecule has 8 nitrogen and oxygen atoms in total. The smallest absolute Gasteiger partial charge is 0.337 e. The van der Waals surface area contributed by atoms with Crippen molar-refractivity contribution < 1.29 is 24.0 Å². The van der Waals surface area contributed by atoms with Gasteiger partial charge in [-0.05, 0) is 29.8 Å². The van der Waals surface area contributed by atoms with Crippen LogP contribution in [0.1, 0.15) is 33.8 Å². The SMILES string of the molecule is COC(=O)c1ccc(CN2CC(c3ccccc3)CC2=O)c(Oc2ccc([N+](=O)[O-])cc2)c1. The average molecular weight is 446 g/mol. The molecular weight excluding hydrogens is 424 g/mol. The molecule has 0 saturated carbocycles. The molecule has 1 saturated heterocycles. The monoisotopic (exact) mass is 446 g/mol. The third-order valence-corrected chi connectivity index (χ3v) is 5.61. The molecule has 8 heteroatoms. The molecule has 0 radical (unpaired) electrons. The van der Waals surface area contributed by atoms with Gasteiger partial charge in [0.15, 0.2) is 0 Å². The maximum Gasteiger partial charge on any atom is 0.337 e. The summed E-state index contributed by atoms with van der Waals surface area (Å²) in [4.78, 5) is 36.9. The molecular formula is C25H22N2O6. The summed E-state index contributed by atoms with van der Waals surface area (Å²) in [6, 6.07) is 20.5. The van der Waals surface area contributed by atoms with Crippen LogP contribution in [-0.2, 0) is 16.1 Å². The van der Waals surface area contributed by atoms with Gasteiger partial charge < -0.3 is 14.4 Å². The number of non-ortho nitro benzene ring substituents is 1. The highest BCUT2D eigenvalue weighted by Gasteiger charge is 2.31. The molecule has 3 aromatic carbocycles. The molecule has 0 bridgehead atoms. The molecule has 4 rings (SSSR count). The number of amides is 1. The minimum atomic E-state index is -0.517. The van der Waals surface area contributed by atoms with E-state index in [2.05, 4.69) is 0 Å². The summed E-state index contributed by atoms with van der Waals surface area (Å²) in [5, 5.41) is 10.9. The van der Waals surface area contributed by atoms with E-state index in [1.54, 1.807) is 23.1 Å². The van der Waals surface area contributed by atoms with Gasteiger partial charge >= 0.3 is 5.97 Å². The van der Waals surface area contributed by atoms with E-state index in [0.29, 0.717) is 42.1 Å². The Hall–Kier alpha value is -4.20. The van der Waals surface area contributed by atoms with Crippen molar-refractivity contribution in [3.63, 3.8) is 0 Å². The molecule has 0 spiro atoms. The maximum atomic E-state index is 12.7. The number of nitro benzene ring substituents is 1. The summed E-state index contributed by atoms with van der Waals surface area (Å²) < 4.78 is 10.8. The number of rotatable bonds is 7. The lowest BCUT2D eigenvalue weighted by atomic mass is 9.98. The van der Waals surface area contributed by atoms with Crippen molar-refractivity contribution in [2.45, 2.75) is 18.9 Å². The van der Waals surface area contributed by atoms with Gasteiger partial charge in [-0.25, -0.2) is 4.79 Å². The lowest BCUT2D eigenvalue weighted by Gasteiger charge is -2.20. The number of nitro groups is 1. The second kappa shape index (κ2) is 9.52. The number of methoxy groups -OCH3 is 1. The zero-order valence-corrected chi connectivity index (χ0v) is 18.0. The fourth-order valence-electron chi connectivity index (χ4n) is 3.87. The summed E-state index contributed by atoms with van der Waals surface area (Å²) in [6.07, 6.45) is 0.433. The third kappa shape index (κ3) is 5.01. The van der Waals surface area contributed by atoms with Crippen LogP contribution in [-0.4, -0.2) is 35.4 Å². The highest BCUT2D eigenvalue weighted by atomic mass is 16.6. The lowest BCUT2D eigenvalue weighted by Crippen LogP contribution is -2.24. The summed E-state index contributed by atoms with van der Waals surface area (Å²) >= 11 is 0. The van der Waals surface area contributed by atoms with Crippen molar-refractivity contribution in [1.82, 2.24) is 4.90 Å². The quantitative estimate of drug-likeness (QED) is 0.297. The number of ether oxygens (including phenoxy) is 2. The Kier molecular flexibility index (Phi) is 6.35. The molecule has 1 fully saturated rings. The van der Waals surface area contributed by atoms with Crippen molar-refractivity contribution in [1.29, 1.82) is 0 Å². The van der Waals surface area contributed by atoms with E-state index in [4.69, 9.17) is 9.47 Å². The van der Waals surface area contributed by atoms with Gasteiger partial charge in [0.1, 0.15) is 11.5 Å². The molecule has 1 aliphatic heterocycles. The highest BCUT2D eigenvalue weighted by molar-refractivity contribution is 5.90. The number of hydrogen-bond donors (Lipinski definition) is 0. The van der Waals surface area contributed by atoms with Gasteiger partial charge in [0.2, 0.25) is 5.91 Å². The predicted molar refractivity (Wildman–Crippen MR) is 120 cm³/mol. The second-order valence-electron chi connectivity index (χ2n) is 7.75. The zero-order valence-electron chi connectivity index (χ0n) is 18.0. The van der Waals surface area contributed by atoms with Crippen molar-refractivity contribution in [2.75, 3.05) is 13.7 Å². The van der Waals surface area contributed by atoms with Crippen molar-refractivity contribution in [2.24, 2.45) is 0 Å². The fourth-order valence-corrected chi connectivity index (χ4v) is 3.87. The number of esters is 1. The predicted octanol–water partition coefficient (Wildman–Crippen LogP) is 4.69. The molecule has 1 amide bonds. The Labute approximate surface area is 190 Å². The van der Waals surface area contributed by atoms with Gasteiger partial charge in [-0.2, -0.15) is 0 Å². The Balaban J connectivity index is 1.58. The van der Waals surface area contributed by atoms with Crippen LogP contribution in [0.25, 0.3) is 0 Å². The first kappa shape index (κ1) is 22.0.